The summed E-state index contributed by atoms with van der Waals surface area (Å²) >= 11 is 1.29. The Morgan fingerprint density at radius 2 is 1.70 bits per heavy atom. The fourth-order valence-electron chi connectivity index (χ4n) is 2.91. The predicted molar refractivity (Wildman–Crippen MR) is 112 cm³/mol. The summed E-state index contributed by atoms with van der Waals surface area (Å²) in [4.78, 5) is 40.3. The zero-order valence-electron chi connectivity index (χ0n) is 16.3. The van der Waals surface area contributed by atoms with Crippen molar-refractivity contribution in [2.45, 2.75) is 6.92 Å². The number of benzene rings is 1. The molecule has 1 aliphatic rings. The van der Waals surface area contributed by atoms with Gasteiger partial charge >= 0.3 is 0 Å². The summed E-state index contributed by atoms with van der Waals surface area (Å²) in [6.07, 6.45) is 2.84. The SMILES string of the molecule is Cc1nc(N2CCOCC2)sc1C(=O)NNC(=O)c1cnc(-c2ccccc2)nc1. The number of morpholine rings is 1. The number of carbonyl (C=O) groups excluding carboxylic acids is 2. The van der Waals surface area contributed by atoms with Gasteiger partial charge in [-0.2, -0.15) is 0 Å². The van der Waals surface area contributed by atoms with Crippen molar-refractivity contribution in [1.29, 1.82) is 0 Å². The van der Waals surface area contributed by atoms with E-state index in [1.54, 1.807) is 6.92 Å². The molecule has 0 radical (unpaired) electrons. The van der Waals surface area contributed by atoms with Crippen LogP contribution >= 0.6 is 11.3 Å². The summed E-state index contributed by atoms with van der Waals surface area (Å²) in [5.74, 6) is -0.398. The van der Waals surface area contributed by atoms with Gasteiger partial charge in [-0.3, -0.25) is 20.4 Å². The Labute approximate surface area is 177 Å². The number of aryl methyl sites for hydroxylation is 1. The van der Waals surface area contributed by atoms with Gasteiger partial charge < -0.3 is 9.64 Å². The minimum Gasteiger partial charge on any atom is -0.378 e. The summed E-state index contributed by atoms with van der Waals surface area (Å²) in [5.41, 5.74) is 6.54. The summed E-state index contributed by atoms with van der Waals surface area (Å²) in [5, 5.41) is 0.775. The first-order chi connectivity index (χ1) is 14.6. The minimum absolute atomic E-state index is 0.241. The molecule has 30 heavy (non-hydrogen) atoms. The molecule has 0 bridgehead atoms. The molecule has 2 amide bonds. The summed E-state index contributed by atoms with van der Waals surface area (Å²) in [6.45, 7) is 4.53. The number of anilines is 1. The normalized spacial score (nSPS) is 13.7. The molecule has 9 nitrogen and oxygen atoms in total. The fourth-order valence-corrected chi connectivity index (χ4v) is 3.92. The van der Waals surface area contributed by atoms with Crippen LogP contribution in [0.1, 0.15) is 25.7 Å². The number of ether oxygens (including phenoxy) is 1. The van der Waals surface area contributed by atoms with Crippen molar-refractivity contribution in [2.75, 3.05) is 31.2 Å². The molecule has 0 saturated carbocycles. The van der Waals surface area contributed by atoms with E-state index in [2.05, 4.69) is 30.7 Å². The number of amides is 2. The fraction of sp³-hybridized carbons (Fsp3) is 0.250. The van der Waals surface area contributed by atoms with Crippen LogP contribution in [0.5, 0.6) is 0 Å². The first-order valence-corrected chi connectivity index (χ1v) is 10.2. The highest BCUT2D eigenvalue weighted by molar-refractivity contribution is 7.17. The Morgan fingerprint density at radius 1 is 1.03 bits per heavy atom. The number of rotatable bonds is 4. The number of nitrogens with one attached hydrogen (secondary N) is 2. The second-order valence-corrected chi connectivity index (χ2v) is 7.56. The summed E-state index contributed by atoms with van der Waals surface area (Å²) in [6, 6.07) is 9.46. The number of nitrogens with zero attached hydrogens (tertiary/aromatic N) is 4. The minimum atomic E-state index is -0.501. The van der Waals surface area contributed by atoms with E-state index in [-0.39, 0.29) is 5.56 Å². The molecule has 1 saturated heterocycles. The molecular formula is C20H20N6O3S. The largest absolute Gasteiger partial charge is 0.378 e. The third kappa shape index (κ3) is 4.44. The van der Waals surface area contributed by atoms with E-state index in [0.29, 0.717) is 29.6 Å². The van der Waals surface area contributed by atoms with Crippen LogP contribution in [0.3, 0.4) is 0 Å². The van der Waals surface area contributed by atoms with Crippen molar-refractivity contribution >= 4 is 28.3 Å². The molecule has 1 fully saturated rings. The number of hydrazine groups is 1. The smallest absolute Gasteiger partial charge is 0.281 e. The molecule has 2 aromatic heterocycles. The van der Waals surface area contributed by atoms with Crippen LogP contribution in [-0.2, 0) is 4.74 Å². The predicted octanol–water partition coefficient (Wildman–Crippen LogP) is 1.82. The first kappa shape index (κ1) is 19.9. The summed E-state index contributed by atoms with van der Waals surface area (Å²) < 4.78 is 5.34. The number of thiazole rings is 1. The van der Waals surface area contributed by atoms with Crippen molar-refractivity contribution in [1.82, 2.24) is 25.8 Å². The van der Waals surface area contributed by atoms with E-state index in [0.717, 1.165) is 23.8 Å². The van der Waals surface area contributed by atoms with Crippen LogP contribution in [0, 0.1) is 6.92 Å². The molecule has 0 atom stereocenters. The molecule has 0 unspecified atom stereocenters. The van der Waals surface area contributed by atoms with Gasteiger partial charge in [-0.05, 0) is 6.92 Å². The highest BCUT2D eigenvalue weighted by Crippen LogP contribution is 2.26. The molecule has 3 heterocycles. The standard InChI is InChI=1S/C20H20N6O3S/c1-13-16(30-20(23-13)26-7-9-29-10-8-26)19(28)25-24-18(27)15-11-21-17(22-12-15)14-5-3-2-4-6-14/h2-6,11-12H,7-10H2,1H3,(H,24,27)(H,25,28). The summed E-state index contributed by atoms with van der Waals surface area (Å²) in [7, 11) is 0. The maximum Gasteiger partial charge on any atom is 0.281 e. The van der Waals surface area contributed by atoms with Crippen LogP contribution in [0.25, 0.3) is 11.4 Å². The molecule has 1 aliphatic heterocycles. The van der Waals surface area contributed by atoms with Gasteiger partial charge in [-0.1, -0.05) is 41.7 Å². The Morgan fingerprint density at radius 3 is 2.40 bits per heavy atom. The lowest BCUT2D eigenvalue weighted by Gasteiger charge is -2.25. The quantitative estimate of drug-likeness (QED) is 0.615. The van der Waals surface area contributed by atoms with E-state index in [4.69, 9.17) is 4.74 Å². The molecule has 4 rings (SSSR count). The van der Waals surface area contributed by atoms with E-state index < -0.39 is 11.8 Å². The van der Waals surface area contributed by atoms with Crippen molar-refractivity contribution in [3.05, 3.63) is 58.9 Å². The van der Waals surface area contributed by atoms with Gasteiger partial charge in [-0.25, -0.2) is 15.0 Å². The highest BCUT2D eigenvalue weighted by Gasteiger charge is 2.21. The third-order valence-corrected chi connectivity index (χ3v) is 5.73. The van der Waals surface area contributed by atoms with E-state index >= 15 is 0 Å². The molecule has 1 aromatic carbocycles. The molecule has 154 valence electrons. The molecular weight excluding hydrogens is 404 g/mol. The number of hydrogen-bond donors (Lipinski definition) is 2. The molecule has 0 aliphatic carbocycles. The van der Waals surface area contributed by atoms with Crippen molar-refractivity contribution in [2.24, 2.45) is 0 Å². The van der Waals surface area contributed by atoms with Gasteiger partial charge in [0.1, 0.15) is 4.88 Å². The first-order valence-electron chi connectivity index (χ1n) is 9.40. The monoisotopic (exact) mass is 424 g/mol. The second kappa shape index (κ2) is 8.97. The van der Waals surface area contributed by atoms with Gasteiger partial charge in [0.2, 0.25) is 0 Å². The maximum absolute atomic E-state index is 12.5. The van der Waals surface area contributed by atoms with Crippen molar-refractivity contribution in [3.63, 3.8) is 0 Å². The second-order valence-electron chi connectivity index (χ2n) is 6.58. The van der Waals surface area contributed by atoms with Gasteiger partial charge in [0.15, 0.2) is 11.0 Å². The number of hydrogen-bond acceptors (Lipinski definition) is 8. The Kier molecular flexibility index (Phi) is 5.96. The average molecular weight is 424 g/mol. The van der Waals surface area contributed by atoms with E-state index in [9.17, 15) is 9.59 Å². The van der Waals surface area contributed by atoms with Crippen molar-refractivity contribution < 1.29 is 14.3 Å². The van der Waals surface area contributed by atoms with E-state index in [1.165, 1.54) is 23.7 Å². The molecule has 10 heteroatoms. The third-order valence-electron chi connectivity index (χ3n) is 4.51. The van der Waals surface area contributed by atoms with Gasteiger partial charge in [-0.15, -0.1) is 0 Å². The van der Waals surface area contributed by atoms with Crippen LogP contribution < -0.4 is 15.8 Å². The van der Waals surface area contributed by atoms with E-state index in [1.807, 2.05) is 30.3 Å². The lowest BCUT2D eigenvalue weighted by molar-refractivity contribution is 0.0848. The van der Waals surface area contributed by atoms with Gasteiger partial charge in [0, 0.05) is 31.0 Å². The van der Waals surface area contributed by atoms with Crippen LogP contribution in [0.2, 0.25) is 0 Å². The van der Waals surface area contributed by atoms with Gasteiger partial charge in [0.05, 0.1) is 24.5 Å². The van der Waals surface area contributed by atoms with Gasteiger partial charge in [0.25, 0.3) is 11.8 Å². The van der Waals surface area contributed by atoms with Crippen LogP contribution in [0.4, 0.5) is 5.13 Å². The van der Waals surface area contributed by atoms with Crippen molar-refractivity contribution in [3.8, 4) is 11.4 Å². The number of aromatic nitrogens is 3. The Bertz CT molecular complexity index is 1030. The number of carbonyl (C=O) groups is 2. The molecule has 3 aromatic rings. The Balaban J connectivity index is 1.37. The lowest BCUT2D eigenvalue weighted by atomic mass is 10.2. The van der Waals surface area contributed by atoms with Crippen LogP contribution in [-0.4, -0.2) is 53.1 Å². The zero-order valence-corrected chi connectivity index (χ0v) is 17.1. The topological polar surface area (TPSA) is 109 Å². The molecule has 0 spiro atoms. The highest BCUT2D eigenvalue weighted by atomic mass is 32.1. The Hall–Kier alpha value is -3.37. The lowest BCUT2D eigenvalue weighted by Crippen LogP contribution is -2.41. The van der Waals surface area contributed by atoms with Crippen LogP contribution in [0.15, 0.2) is 42.7 Å². The molecule has 2 N–H and O–H groups in total. The average Bonchev–Trinajstić information content (AvgIpc) is 3.20. The zero-order chi connectivity index (χ0) is 20.9. The maximum atomic E-state index is 12.5.